The third-order valence-corrected chi connectivity index (χ3v) is 6.89. The molecule has 0 N–H and O–H groups in total. The summed E-state index contributed by atoms with van der Waals surface area (Å²) in [7, 11) is -3.54. The van der Waals surface area contributed by atoms with Gasteiger partial charge in [-0.3, -0.25) is 4.90 Å². The number of ether oxygens (including phenoxy) is 1. The van der Waals surface area contributed by atoms with Crippen LogP contribution in [0.15, 0.2) is 48.4 Å². The van der Waals surface area contributed by atoms with Gasteiger partial charge in [0.2, 0.25) is 10.0 Å². The topological polar surface area (TPSA) is 67.7 Å². The first kappa shape index (κ1) is 21.7. The van der Waals surface area contributed by atoms with Crippen molar-refractivity contribution in [1.82, 2.24) is 18.8 Å². The largest absolute Gasteiger partial charge is 0.379 e. The highest BCUT2D eigenvalue weighted by Crippen LogP contribution is 2.24. The fraction of sp³-hybridized carbons (Fsp3) is 0.476. The smallest absolute Gasteiger partial charge is 0.243 e. The predicted octanol–water partition coefficient (Wildman–Crippen LogP) is 2.64. The van der Waals surface area contributed by atoms with Crippen LogP contribution in [0.3, 0.4) is 0 Å². The summed E-state index contributed by atoms with van der Waals surface area (Å²) in [5.74, 6) is 0.923. The molecule has 7 nitrogen and oxygen atoms in total. The number of fused-ring (bicyclic) bond motifs is 1. The summed E-state index contributed by atoms with van der Waals surface area (Å²) < 4.78 is 35.0. The molecule has 0 spiro atoms. The van der Waals surface area contributed by atoms with E-state index >= 15 is 0 Å². The van der Waals surface area contributed by atoms with E-state index in [0.717, 1.165) is 37.4 Å². The number of hydrogen-bond acceptors (Lipinski definition) is 5. The van der Waals surface area contributed by atoms with Crippen LogP contribution < -0.4 is 0 Å². The van der Waals surface area contributed by atoms with Gasteiger partial charge in [0.05, 0.1) is 35.7 Å². The van der Waals surface area contributed by atoms with Gasteiger partial charge in [0.15, 0.2) is 0 Å². The van der Waals surface area contributed by atoms with E-state index in [9.17, 15) is 8.42 Å². The number of morpholine rings is 1. The van der Waals surface area contributed by atoms with Crippen LogP contribution in [0.1, 0.15) is 19.2 Å². The molecule has 8 heteroatoms. The third-order valence-electron chi connectivity index (χ3n) is 4.99. The predicted molar refractivity (Wildman–Crippen MR) is 115 cm³/mol. The van der Waals surface area contributed by atoms with E-state index in [1.54, 1.807) is 12.1 Å². The molecule has 0 bridgehead atoms. The molecule has 2 aromatic rings. The normalized spacial score (nSPS) is 15.8. The maximum atomic E-state index is 13.0. The van der Waals surface area contributed by atoms with Gasteiger partial charge in [0.25, 0.3) is 0 Å². The monoisotopic (exact) mass is 418 g/mol. The fourth-order valence-corrected chi connectivity index (χ4v) is 5.05. The lowest BCUT2D eigenvalue weighted by Crippen LogP contribution is -2.40. The molecular formula is C21H30N4O3S. The lowest BCUT2D eigenvalue weighted by molar-refractivity contribution is 0.0730. The summed E-state index contributed by atoms with van der Waals surface area (Å²) in [6, 6.07) is 5.26. The number of imidazole rings is 1. The average molecular weight is 419 g/mol. The van der Waals surface area contributed by atoms with Crippen molar-refractivity contribution in [3.05, 3.63) is 49.3 Å². The van der Waals surface area contributed by atoms with E-state index in [1.807, 2.05) is 18.2 Å². The average Bonchev–Trinajstić information content (AvgIpc) is 3.06. The van der Waals surface area contributed by atoms with Crippen LogP contribution in [0, 0.1) is 0 Å². The van der Waals surface area contributed by atoms with Crippen molar-refractivity contribution in [3.8, 4) is 0 Å². The molecule has 3 rings (SSSR count). The summed E-state index contributed by atoms with van der Waals surface area (Å²) in [5, 5.41) is 0. The lowest BCUT2D eigenvalue weighted by Gasteiger charge is -2.26. The van der Waals surface area contributed by atoms with Crippen molar-refractivity contribution in [1.29, 1.82) is 0 Å². The standard InChI is InChI=1S/C21H30N4O3S/c1-4-9-23(10-5-2)17-21-22-19-16-18(7-8-20(19)25(21)11-6-3)29(26,27)24-12-14-28-15-13-24/h4-5,7-8,16H,1-2,6,9-15,17H2,3H3. The van der Waals surface area contributed by atoms with Crippen LogP contribution in [0.2, 0.25) is 0 Å². The Kier molecular flexibility index (Phi) is 7.23. The van der Waals surface area contributed by atoms with Crippen molar-refractivity contribution in [2.45, 2.75) is 31.3 Å². The number of hydrogen-bond donors (Lipinski definition) is 0. The summed E-state index contributed by atoms with van der Waals surface area (Å²) in [5.41, 5.74) is 1.67. The molecule has 0 saturated carbocycles. The molecular weight excluding hydrogens is 388 g/mol. The van der Waals surface area contributed by atoms with Crippen LogP contribution in [-0.2, 0) is 27.8 Å². The second kappa shape index (κ2) is 9.67. The van der Waals surface area contributed by atoms with Gasteiger partial charge in [-0.1, -0.05) is 19.1 Å². The molecule has 1 aromatic heterocycles. The quantitative estimate of drug-likeness (QED) is 0.555. The van der Waals surface area contributed by atoms with Crippen LogP contribution in [-0.4, -0.2) is 66.6 Å². The van der Waals surface area contributed by atoms with Gasteiger partial charge in [-0.2, -0.15) is 4.31 Å². The Balaban J connectivity index is 1.98. The number of aryl methyl sites for hydroxylation is 1. The Bertz CT molecular complexity index is 952. The maximum absolute atomic E-state index is 13.0. The molecule has 1 fully saturated rings. The first-order valence-electron chi connectivity index (χ1n) is 10.0. The fourth-order valence-electron chi connectivity index (χ4n) is 3.62. The summed E-state index contributed by atoms with van der Waals surface area (Å²) in [6.07, 6.45) is 4.70. The highest BCUT2D eigenvalue weighted by atomic mass is 32.2. The van der Waals surface area contributed by atoms with Crippen molar-refractivity contribution in [3.63, 3.8) is 0 Å². The minimum atomic E-state index is -3.54. The first-order valence-corrected chi connectivity index (χ1v) is 11.5. The zero-order valence-electron chi connectivity index (χ0n) is 17.1. The van der Waals surface area contributed by atoms with E-state index in [2.05, 4.69) is 29.5 Å². The van der Waals surface area contributed by atoms with E-state index in [4.69, 9.17) is 9.72 Å². The second-order valence-electron chi connectivity index (χ2n) is 7.12. The van der Waals surface area contributed by atoms with Gasteiger partial charge in [0, 0.05) is 32.7 Å². The summed E-state index contributed by atoms with van der Waals surface area (Å²) in [4.78, 5) is 7.28. The highest BCUT2D eigenvalue weighted by molar-refractivity contribution is 7.89. The van der Waals surface area contributed by atoms with Crippen LogP contribution >= 0.6 is 0 Å². The number of benzene rings is 1. The van der Waals surface area contributed by atoms with Crippen LogP contribution in [0.4, 0.5) is 0 Å². The van der Waals surface area contributed by atoms with E-state index < -0.39 is 10.0 Å². The Morgan fingerprint density at radius 2 is 1.90 bits per heavy atom. The third kappa shape index (κ3) is 4.78. The molecule has 0 unspecified atom stereocenters. The van der Waals surface area contributed by atoms with E-state index in [1.165, 1.54) is 4.31 Å². The Hall–Kier alpha value is -2.00. The molecule has 0 aliphatic carbocycles. The lowest BCUT2D eigenvalue weighted by atomic mass is 10.3. The number of nitrogens with zero attached hydrogens (tertiary/aromatic N) is 4. The number of aromatic nitrogens is 2. The Morgan fingerprint density at radius 1 is 1.21 bits per heavy atom. The van der Waals surface area contributed by atoms with E-state index in [-0.39, 0.29) is 4.90 Å². The SMILES string of the molecule is C=CCN(CC=C)Cc1nc2cc(S(=O)(=O)N3CCOCC3)ccc2n1CCC. The van der Waals surface area contributed by atoms with Gasteiger partial charge in [-0.05, 0) is 24.6 Å². The Labute approximate surface area is 173 Å². The van der Waals surface area contributed by atoms with Gasteiger partial charge >= 0.3 is 0 Å². The van der Waals surface area contributed by atoms with Crippen LogP contribution in [0.25, 0.3) is 11.0 Å². The molecule has 0 atom stereocenters. The molecule has 2 heterocycles. The molecule has 29 heavy (non-hydrogen) atoms. The second-order valence-corrected chi connectivity index (χ2v) is 9.06. The summed E-state index contributed by atoms with van der Waals surface area (Å²) >= 11 is 0. The molecule has 0 radical (unpaired) electrons. The minimum Gasteiger partial charge on any atom is -0.379 e. The van der Waals surface area contributed by atoms with Gasteiger partial charge in [-0.25, -0.2) is 13.4 Å². The van der Waals surface area contributed by atoms with Gasteiger partial charge in [-0.15, -0.1) is 13.2 Å². The molecule has 1 aliphatic heterocycles. The van der Waals surface area contributed by atoms with Gasteiger partial charge < -0.3 is 9.30 Å². The van der Waals surface area contributed by atoms with Crippen LogP contribution in [0.5, 0.6) is 0 Å². The van der Waals surface area contributed by atoms with Crippen molar-refractivity contribution >= 4 is 21.1 Å². The van der Waals surface area contributed by atoms with Crippen molar-refractivity contribution in [2.24, 2.45) is 0 Å². The van der Waals surface area contributed by atoms with E-state index in [0.29, 0.717) is 38.4 Å². The molecule has 1 aromatic carbocycles. The number of rotatable bonds is 10. The van der Waals surface area contributed by atoms with Crippen molar-refractivity contribution < 1.29 is 13.2 Å². The van der Waals surface area contributed by atoms with Gasteiger partial charge in [0.1, 0.15) is 5.82 Å². The zero-order chi connectivity index (χ0) is 20.9. The van der Waals surface area contributed by atoms with Crippen molar-refractivity contribution in [2.75, 3.05) is 39.4 Å². The molecule has 1 saturated heterocycles. The molecule has 158 valence electrons. The zero-order valence-corrected chi connectivity index (χ0v) is 17.9. The maximum Gasteiger partial charge on any atom is 0.243 e. The Morgan fingerprint density at radius 3 is 2.52 bits per heavy atom. The highest BCUT2D eigenvalue weighted by Gasteiger charge is 2.27. The minimum absolute atomic E-state index is 0.286. The summed E-state index contributed by atoms with van der Waals surface area (Å²) in [6.45, 7) is 14.3. The first-order chi connectivity index (χ1) is 14.0. The molecule has 0 amide bonds. The number of sulfonamides is 1. The molecule has 1 aliphatic rings.